The van der Waals surface area contributed by atoms with E-state index in [4.69, 9.17) is 0 Å². The highest BCUT2D eigenvalue weighted by molar-refractivity contribution is 7.16. The van der Waals surface area contributed by atoms with E-state index in [0.717, 1.165) is 32.8 Å². The fraction of sp³-hybridized carbons (Fsp3) is 0.133. The van der Waals surface area contributed by atoms with Crippen LogP contribution in [-0.2, 0) is 6.54 Å². The largest absolute Gasteiger partial charge is 0.372 e. The fourth-order valence-electron chi connectivity index (χ4n) is 2.45. The summed E-state index contributed by atoms with van der Waals surface area (Å²) in [5.74, 6) is 1.64. The van der Waals surface area contributed by atoms with Crippen molar-refractivity contribution in [3.63, 3.8) is 0 Å². The Morgan fingerprint density at radius 2 is 2.10 bits per heavy atom. The molecule has 0 atom stereocenters. The molecule has 0 spiro atoms. The first kappa shape index (κ1) is 12.3. The van der Waals surface area contributed by atoms with Crippen molar-refractivity contribution in [3.8, 4) is 0 Å². The van der Waals surface area contributed by atoms with Crippen molar-refractivity contribution < 1.29 is 0 Å². The molecule has 4 aromatic rings. The van der Waals surface area contributed by atoms with Crippen molar-refractivity contribution in [3.05, 3.63) is 47.7 Å². The summed E-state index contributed by atoms with van der Waals surface area (Å²) < 4.78 is 1.93. The number of aromatic nitrogens is 4. The monoisotopic (exact) mass is 295 g/mol. The van der Waals surface area contributed by atoms with E-state index in [1.54, 1.807) is 11.3 Å². The number of benzene rings is 1. The van der Waals surface area contributed by atoms with Gasteiger partial charge in [0.05, 0.1) is 17.1 Å². The molecule has 1 aromatic carbocycles. The molecule has 3 aromatic heterocycles. The number of nitrogens with zero attached hydrogens (tertiary/aromatic N) is 4. The van der Waals surface area contributed by atoms with Crippen molar-refractivity contribution in [2.45, 2.75) is 6.54 Å². The third-order valence-electron chi connectivity index (χ3n) is 3.45. The van der Waals surface area contributed by atoms with Gasteiger partial charge in [-0.1, -0.05) is 18.2 Å². The number of anilines is 1. The van der Waals surface area contributed by atoms with Crippen LogP contribution in [0.25, 0.3) is 21.1 Å². The molecule has 0 aliphatic rings. The Bertz CT molecular complexity index is 924. The molecule has 3 heterocycles. The molecule has 104 valence electrons. The van der Waals surface area contributed by atoms with E-state index in [0.29, 0.717) is 6.54 Å². The number of nitrogens with one attached hydrogen (secondary N) is 1. The molecular weight excluding hydrogens is 282 g/mol. The summed E-state index contributed by atoms with van der Waals surface area (Å²) >= 11 is 1.63. The van der Waals surface area contributed by atoms with Gasteiger partial charge >= 0.3 is 0 Å². The van der Waals surface area contributed by atoms with Crippen LogP contribution in [0.5, 0.6) is 0 Å². The summed E-state index contributed by atoms with van der Waals surface area (Å²) in [5.41, 5.74) is 1.10. The Balaban J connectivity index is 1.80. The topological polar surface area (TPSA) is 55.6 Å². The average molecular weight is 295 g/mol. The SMILES string of the molecule is CNc1nc(Cn2ncc3ccccc32)nc2sccc12. The van der Waals surface area contributed by atoms with Crippen LogP contribution < -0.4 is 5.32 Å². The molecule has 0 saturated heterocycles. The van der Waals surface area contributed by atoms with Crippen LogP contribution in [0, 0.1) is 0 Å². The van der Waals surface area contributed by atoms with Crippen LogP contribution in [0.2, 0.25) is 0 Å². The van der Waals surface area contributed by atoms with E-state index in [-0.39, 0.29) is 0 Å². The molecular formula is C15H13N5S. The van der Waals surface area contributed by atoms with E-state index in [1.807, 2.05) is 41.5 Å². The third-order valence-corrected chi connectivity index (χ3v) is 4.26. The minimum Gasteiger partial charge on any atom is -0.372 e. The van der Waals surface area contributed by atoms with E-state index >= 15 is 0 Å². The van der Waals surface area contributed by atoms with Crippen molar-refractivity contribution in [2.75, 3.05) is 12.4 Å². The summed E-state index contributed by atoms with van der Waals surface area (Å²) in [5, 5.41) is 11.8. The lowest BCUT2D eigenvalue weighted by atomic mass is 10.2. The first-order valence-corrected chi connectivity index (χ1v) is 7.55. The Morgan fingerprint density at radius 1 is 1.19 bits per heavy atom. The molecule has 0 saturated carbocycles. The molecule has 4 rings (SSSR count). The Labute approximate surface area is 125 Å². The molecule has 1 N–H and O–H groups in total. The van der Waals surface area contributed by atoms with Crippen LogP contribution in [-0.4, -0.2) is 26.8 Å². The molecule has 21 heavy (non-hydrogen) atoms. The number of hydrogen-bond acceptors (Lipinski definition) is 5. The molecule has 0 aliphatic heterocycles. The molecule has 0 unspecified atom stereocenters. The molecule has 0 bridgehead atoms. The smallest absolute Gasteiger partial charge is 0.153 e. The third kappa shape index (κ3) is 2.04. The first-order valence-electron chi connectivity index (χ1n) is 6.67. The summed E-state index contributed by atoms with van der Waals surface area (Å²) in [4.78, 5) is 10.2. The minimum absolute atomic E-state index is 0.566. The molecule has 0 radical (unpaired) electrons. The van der Waals surface area contributed by atoms with Gasteiger partial charge in [0, 0.05) is 12.4 Å². The van der Waals surface area contributed by atoms with E-state index in [1.165, 1.54) is 0 Å². The molecule has 5 nitrogen and oxygen atoms in total. The van der Waals surface area contributed by atoms with Crippen LogP contribution in [0.1, 0.15) is 5.82 Å². The zero-order valence-corrected chi connectivity index (χ0v) is 12.3. The van der Waals surface area contributed by atoms with Gasteiger partial charge in [-0.2, -0.15) is 5.10 Å². The molecule has 6 heteroatoms. The van der Waals surface area contributed by atoms with E-state index < -0.39 is 0 Å². The molecule has 0 aliphatic carbocycles. The quantitative estimate of drug-likeness (QED) is 0.631. The van der Waals surface area contributed by atoms with Crippen LogP contribution >= 0.6 is 11.3 Å². The standard InChI is InChI=1S/C15H13N5S/c1-16-14-11-6-7-21-15(11)19-13(18-14)9-20-12-5-3-2-4-10(12)8-17-20/h2-8H,9H2,1H3,(H,16,18,19). The predicted molar refractivity (Wildman–Crippen MR) is 85.8 cm³/mol. The van der Waals surface area contributed by atoms with Crippen molar-refractivity contribution >= 4 is 38.3 Å². The van der Waals surface area contributed by atoms with Gasteiger partial charge in [-0.25, -0.2) is 9.97 Å². The maximum absolute atomic E-state index is 4.63. The van der Waals surface area contributed by atoms with Gasteiger partial charge in [-0.05, 0) is 17.5 Å². The van der Waals surface area contributed by atoms with Gasteiger partial charge in [0.15, 0.2) is 5.82 Å². The van der Waals surface area contributed by atoms with Crippen molar-refractivity contribution in [2.24, 2.45) is 0 Å². The zero-order valence-electron chi connectivity index (χ0n) is 11.4. The Hall–Kier alpha value is -2.47. The number of rotatable bonds is 3. The van der Waals surface area contributed by atoms with Crippen molar-refractivity contribution in [1.82, 2.24) is 19.7 Å². The van der Waals surface area contributed by atoms with Crippen LogP contribution in [0.3, 0.4) is 0 Å². The van der Waals surface area contributed by atoms with Gasteiger partial charge in [0.1, 0.15) is 17.2 Å². The van der Waals surface area contributed by atoms with Gasteiger partial charge in [-0.15, -0.1) is 11.3 Å². The normalized spacial score (nSPS) is 11.3. The van der Waals surface area contributed by atoms with Gasteiger partial charge in [0.2, 0.25) is 0 Å². The number of para-hydroxylation sites is 1. The second-order valence-electron chi connectivity index (χ2n) is 4.74. The first-order chi connectivity index (χ1) is 10.3. The summed E-state index contributed by atoms with van der Waals surface area (Å²) in [7, 11) is 1.88. The molecule has 0 fully saturated rings. The Morgan fingerprint density at radius 3 is 3.00 bits per heavy atom. The van der Waals surface area contributed by atoms with Gasteiger partial charge in [-0.3, -0.25) is 4.68 Å². The zero-order chi connectivity index (χ0) is 14.2. The lowest BCUT2D eigenvalue weighted by Crippen LogP contribution is -2.07. The minimum atomic E-state index is 0.566. The van der Waals surface area contributed by atoms with E-state index in [9.17, 15) is 0 Å². The van der Waals surface area contributed by atoms with Crippen LogP contribution in [0.15, 0.2) is 41.9 Å². The van der Waals surface area contributed by atoms with Gasteiger partial charge < -0.3 is 5.32 Å². The van der Waals surface area contributed by atoms with Crippen molar-refractivity contribution in [1.29, 1.82) is 0 Å². The second kappa shape index (κ2) is 4.82. The van der Waals surface area contributed by atoms with Gasteiger partial charge in [0.25, 0.3) is 0 Å². The second-order valence-corrected chi connectivity index (χ2v) is 5.63. The highest BCUT2D eigenvalue weighted by Gasteiger charge is 2.10. The number of thiophene rings is 1. The number of hydrogen-bond donors (Lipinski definition) is 1. The lowest BCUT2D eigenvalue weighted by Gasteiger charge is -2.06. The fourth-order valence-corrected chi connectivity index (χ4v) is 3.23. The summed E-state index contributed by atoms with van der Waals surface area (Å²) in [6, 6.07) is 10.2. The highest BCUT2D eigenvalue weighted by Crippen LogP contribution is 2.25. The lowest BCUT2D eigenvalue weighted by molar-refractivity contribution is 0.681. The summed E-state index contributed by atoms with van der Waals surface area (Å²) in [6.07, 6.45) is 1.87. The number of fused-ring (bicyclic) bond motifs is 2. The Kier molecular flexibility index (Phi) is 2.82. The maximum atomic E-state index is 4.63. The molecule has 0 amide bonds. The summed E-state index contributed by atoms with van der Waals surface area (Å²) in [6.45, 7) is 0.566. The maximum Gasteiger partial charge on any atom is 0.153 e. The van der Waals surface area contributed by atoms with E-state index in [2.05, 4.69) is 32.5 Å². The average Bonchev–Trinajstić information content (AvgIpc) is 3.14. The predicted octanol–water partition coefficient (Wildman–Crippen LogP) is 3.13. The van der Waals surface area contributed by atoms with Crippen LogP contribution in [0.4, 0.5) is 5.82 Å². The highest BCUT2D eigenvalue weighted by atomic mass is 32.1.